The molecule has 5 heteroatoms. The third kappa shape index (κ3) is 3.12. The Bertz CT molecular complexity index is 507. The van der Waals surface area contributed by atoms with Crippen molar-refractivity contribution < 1.29 is 0 Å². The Hall–Kier alpha value is -1.24. The zero-order chi connectivity index (χ0) is 12.3. The summed E-state index contributed by atoms with van der Waals surface area (Å²) in [5, 5.41) is 7.47. The number of rotatable bonds is 4. The molecule has 1 heterocycles. The molecular weight excluding hydrogens is 327 g/mol. The predicted octanol–water partition coefficient (Wildman–Crippen LogP) is 2.26. The number of nitrogen functional groups attached to an aromatic ring is 1. The number of hydrogen-bond donors (Lipinski definition) is 2. The molecule has 0 amide bonds. The van der Waals surface area contributed by atoms with Crippen LogP contribution in [-0.4, -0.2) is 16.3 Å². The number of nitrogens with zero attached hydrogens (tertiary/aromatic N) is 2. The number of anilines is 2. The molecule has 90 valence electrons. The van der Waals surface area contributed by atoms with Crippen LogP contribution in [0.1, 0.15) is 5.69 Å². The van der Waals surface area contributed by atoms with E-state index in [1.165, 1.54) is 5.69 Å². The fourth-order valence-corrected chi connectivity index (χ4v) is 2.18. The van der Waals surface area contributed by atoms with Crippen LogP contribution in [0.25, 0.3) is 0 Å². The average Bonchev–Trinajstić information content (AvgIpc) is 2.68. The topological polar surface area (TPSA) is 55.9 Å². The van der Waals surface area contributed by atoms with Crippen molar-refractivity contribution in [3.05, 3.63) is 39.7 Å². The van der Waals surface area contributed by atoms with E-state index >= 15 is 0 Å². The molecule has 17 heavy (non-hydrogen) atoms. The van der Waals surface area contributed by atoms with Crippen LogP contribution in [-0.2, 0) is 13.5 Å². The number of benzene rings is 1. The Labute approximate surface area is 114 Å². The molecule has 1 aromatic heterocycles. The van der Waals surface area contributed by atoms with E-state index < -0.39 is 0 Å². The lowest BCUT2D eigenvalue weighted by molar-refractivity contribution is 0.711. The summed E-state index contributed by atoms with van der Waals surface area (Å²) in [5.74, 6) is 0. The van der Waals surface area contributed by atoms with Crippen molar-refractivity contribution in [2.24, 2.45) is 7.05 Å². The first-order valence-electron chi connectivity index (χ1n) is 5.42. The zero-order valence-electron chi connectivity index (χ0n) is 9.65. The lowest BCUT2D eigenvalue weighted by atomic mass is 10.2. The van der Waals surface area contributed by atoms with E-state index in [0.717, 1.165) is 27.9 Å². The van der Waals surface area contributed by atoms with Crippen molar-refractivity contribution >= 4 is 34.0 Å². The number of nitrogens with two attached hydrogens (primary N) is 1. The van der Waals surface area contributed by atoms with Crippen LogP contribution in [0.3, 0.4) is 0 Å². The van der Waals surface area contributed by atoms with Crippen LogP contribution in [0.15, 0.2) is 30.5 Å². The lowest BCUT2D eigenvalue weighted by Gasteiger charge is -2.09. The van der Waals surface area contributed by atoms with Crippen LogP contribution in [0.5, 0.6) is 0 Å². The average molecular weight is 342 g/mol. The molecule has 0 spiro atoms. The maximum absolute atomic E-state index is 5.93. The molecule has 0 aliphatic carbocycles. The lowest BCUT2D eigenvalue weighted by Crippen LogP contribution is -2.09. The molecule has 0 aliphatic rings. The van der Waals surface area contributed by atoms with Crippen LogP contribution < -0.4 is 11.1 Å². The summed E-state index contributed by atoms with van der Waals surface area (Å²) in [7, 11) is 1.95. The molecule has 0 unspecified atom stereocenters. The molecule has 4 nitrogen and oxygen atoms in total. The summed E-state index contributed by atoms with van der Waals surface area (Å²) in [5.41, 5.74) is 8.92. The first-order chi connectivity index (χ1) is 8.16. The third-order valence-corrected chi connectivity index (χ3v) is 3.30. The number of aryl methyl sites for hydroxylation is 1. The number of nitrogens with one attached hydrogen (secondary N) is 1. The fourth-order valence-electron chi connectivity index (χ4n) is 1.67. The number of aromatic nitrogens is 2. The molecule has 0 bridgehead atoms. The van der Waals surface area contributed by atoms with Crippen molar-refractivity contribution in [2.45, 2.75) is 6.42 Å². The Kier molecular flexibility index (Phi) is 3.88. The fraction of sp³-hybridized carbons (Fsp3) is 0.250. The minimum absolute atomic E-state index is 0.793. The highest BCUT2D eigenvalue weighted by molar-refractivity contribution is 14.1. The van der Waals surface area contributed by atoms with E-state index in [9.17, 15) is 0 Å². The monoisotopic (exact) mass is 342 g/mol. The van der Waals surface area contributed by atoms with Gasteiger partial charge < -0.3 is 11.1 Å². The minimum atomic E-state index is 0.793. The van der Waals surface area contributed by atoms with Crippen molar-refractivity contribution in [1.29, 1.82) is 0 Å². The summed E-state index contributed by atoms with van der Waals surface area (Å²) >= 11 is 2.25. The highest BCUT2D eigenvalue weighted by Crippen LogP contribution is 2.20. The molecule has 0 saturated carbocycles. The largest absolute Gasteiger partial charge is 0.397 e. The summed E-state index contributed by atoms with van der Waals surface area (Å²) < 4.78 is 3.04. The second-order valence-electron chi connectivity index (χ2n) is 3.85. The molecule has 2 aromatic rings. The van der Waals surface area contributed by atoms with Gasteiger partial charge in [-0.25, -0.2) is 0 Å². The molecule has 0 fully saturated rings. The smallest absolute Gasteiger partial charge is 0.0574 e. The summed E-state index contributed by atoms with van der Waals surface area (Å²) in [6, 6.07) is 8.05. The second-order valence-corrected chi connectivity index (χ2v) is 5.10. The van der Waals surface area contributed by atoms with Gasteiger partial charge in [0.1, 0.15) is 0 Å². The van der Waals surface area contributed by atoms with Gasteiger partial charge in [-0.1, -0.05) is 0 Å². The Morgan fingerprint density at radius 1 is 1.41 bits per heavy atom. The van der Waals surface area contributed by atoms with E-state index in [2.05, 4.69) is 33.0 Å². The number of halogens is 1. The van der Waals surface area contributed by atoms with Crippen LogP contribution in [0, 0.1) is 3.57 Å². The highest BCUT2D eigenvalue weighted by atomic mass is 127. The summed E-state index contributed by atoms with van der Waals surface area (Å²) in [4.78, 5) is 0. The zero-order valence-corrected chi connectivity index (χ0v) is 11.8. The second kappa shape index (κ2) is 5.39. The van der Waals surface area contributed by atoms with E-state index in [1.807, 2.05) is 42.2 Å². The Morgan fingerprint density at radius 3 is 2.88 bits per heavy atom. The maximum atomic E-state index is 5.93. The summed E-state index contributed by atoms with van der Waals surface area (Å²) in [6.07, 6.45) is 2.75. The van der Waals surface area contributed by atoms with E-state index in [4.69, 9.17) is 5.73 Å². The van der Waals surface area contributed by atoms with Crippen molar-refractivity contribution in [2.75, 3.05) is 17.6 Å². The van der Waals surface area contributed by atoms with Crippen molar-refractivity contribution in [1.82, 2.24) is 9.78 Å². The van der Waals surface area contributed by atoms with Gasteiger partial charge in [0, 0.05) is 35.5 Å². The van der Waals surface area contributed by atoms with Gasteiger partial charge >= 0.3 is 0 Å². The Morgan fingerprint density at radius 2 is 2.24 bits per heavy atom. The quantitative estimate of drug-likeness (QED) is 0.662. The third-order valence-electron chi connectivity index (χ3n) is 2.63. The first-order valence-corrected chi connectivity index (χ1v) is 6.50. The normalized spacial score (nSPS) is 10.5. The van der Waals surface area contributed by atoms with Gasteiger partial charge in [-0.2, -0.15) is 5.10 Å². The Balaban J connectivity index is 1.92. The van der Waals surface area contributed by atoms with Crippen LogP contribution in [0.2, 0.25) is 0 Å². The molecule has 1 aromatic carbocycles. The molecule has 2 rings (SSSR count). The van der Waals surface area contributed by atoms with Crippen molar-refractivity contribution in [3.8, 4) is 0 Å². The molecule has 0 atom stereocenters. The van der Waals surface area contributed by atoms with Gasteiger partial charge in [-0.3, -0.25) is 4.68 Å². The van der Waals surface area contributed by atoms with Gasteiger partial charge in [0.25, 0.3) is 0 Å². The van der Waals surface area contributed by atoms with Gasteiger partial charge in [-0.15, -0.1) is 0 Å². The van der Waals surface area contributed by atoms with Gasteiger partial charge in [-0.05, 0) is 46.9 Å². The van der Waals surface area contributed by atoms with Gasteiger partial charge in [0.05, 0.1) is 11.4 Å². The van der Waals surface area contributed by atoms with Crippen molar-refractivity contribution in [3.63, 3.8) is 0 Å². The highest BCUT2D eigenvalue weighted by Gasteiger charge is 2.01. The molecule has 3 N–H and O–H groups in total. The minimum Gasteiger partial charge on any atom is -0.397 e. The molecule has 0 radical (unpaired) electrons. The predicted molar refractivity (Wildman–Crippen MR) is 79.0 cm³/mol. The first kappa shape index (κ1) is 12.2. The number of hydrogen-bond acceptors (Lipinski definition) is 3. The van der Waals surface area contributed by atoms with E-state index in [0.29, 0.717) is 0 Å². The maximum Gasteiger partial charge on any atom is 0.0574 e. The SMILES string of the molecule is Cn1nccc1CCNc1ccc(I)cc1N. The van der Waals surface area contributed by atoms with E-state index in [-0.39, 0.29) is 0 Å². The molecule has 0 aliphatic heterocycles. The standard InChI is InChI=1S/C12H15IN4/c1-17-10(5-7-16-17)4-6-15-12-3-2-9(13)8-11(12)14/h2-3,5,7-8,15H,4,6,14H2,1H3. The van der Waals surface area contributed by atoms with Crippen LogP contribution >= 0.6 is 22.6 Å². The summed E-state index contributed by atoms with van der Waals surface area (Å²) in [6.45, 7) is 0.852. The van der Waals surface area contributed by atoms with Gasteiger partial charge in [0.2, 0.25) is 0 Å². The molecular formula is C12H15IN4. The van der Waals surface area contributed by atoms with Crippen LogP contribution in [0.4, 0.5) is 11.4 Å². The van der Waals surface area contributed by atoms with E-state index in [1.54, 1.807) is 0 Å². The molecule has 0 saturated heterocycles. The van der Waals surface area contributed by atoms with Gasteiger partial charge in [0.15, 0.2) is 0 Å².